The summed E-state index contributed by atoms with van der Waals surface area (Å²) in [5, 5.41) is 8.57. The number of hydrogen-bond donors (Lipinski definition) is 0. The number of nitrogens with zero attached hydrogens (tertiary/aromatic N) is 1. The Hall–Kier alpha value is -0.750. The van der Waals surface area contributed by atoms with Gasteiger partial charge >= 0.3 is 0 Å². The molecule has 7 heteroatoms. The molecule has 21 heavy (non-hydrogen) atoms. The minimum atomic E-state index is -0.724. The van der Waals surface area contributed by atoms with Crippen molar-refractivity contribution in [3.05, 3.63) is 0 Å². The van der Waals surface area contributed by atoms with E-state index in [9.17, 15) is 0 Å². The molecular weight excluding hydrogens is 278 g/mol. The van der Waals surface area contributed by atoms with Crippen molar-refractivity contribution >= 4 is 0 Å². The molecule has 0 radical (unpaired) electrons. The molecule has 0 unspecified atom stereocenters. The molecule has 118 valence electrons. The van der Waals surface area contributed by atoms with Gasteiger partial charge in [0.1, 0.15) is 31.0 Å². The fourth-order valence-corrected chi connectivity index (χ4v) is 3.05. The van der Waals surface area contributed by atoms with Crippen LogP contribution in [0.1, 0.15) is 27.7 Å². The van der Waals surface area contributed by atoms with E-state index in [2.05, 4.69) is 0 Å². The smallest absolute Gasteiger partial charge is 0.190 e. The number of hydrogen-bond acceptors (Lipinski definition) is 7. The van der Waals surface area contributed by atoms with Crippen LogP contribution in [0.4, 0.5) is 0 Å². The van der Waals surface area contributed by atoms with E-state index in [1.807, 2.05) is 33.8 Å². The zero-order chi connectivity index (χ0) is 15.3. The van der Waals surface area contributed by atoms with Gasteiger partial charge in [-0.05, 0) is 27.7 Å². The predicted molar refractivity (Wildman–Crippen MR) is 69.0 cm³/mol. The Kier molecular flexibility index (Phi) is 3.72. The molecule has 0 amide bonds. The summed E-state index contributed by atoms with van der Waals surface area (Å²) in [4.78, 5) is 0. The Morgan fingerprint density at radius 1 is 0.952 bits per heavy atom. The normalized spacial score (nSPS) is 43.1. The van der Waals surface area contributed by atoms with Crippen molar-refractivity contribution in [3.63, 3.8) is 0 Å². The van der Waals surface area contributed by atoms with Crippen LogP contribution < -0.4 is 0 Å². The third-order valence-electron chi connectivity index (χ3n) is 3.70. The van der Waals surface area contributed by atoms with Crippen LogP contribution in [0.2, 0.25) is 0 Å². The second-order valence-corrected chi connectivity index (χ2v) is 6.38. The summed E-state index contributed by atoms with van der Waals surface area (Å²) in [6.07, 6.45) is -1.80. The Balaban J connectivity index is 1.77. The quantitative estimate of drug-likeness (QED) is 0.717. The molecule has 0 N–H and O–H groups in total. The summed E-state index contributed by atoms with van der Waals surface area (Å²) in [6.45, 7) is 7.65. The van der Waals surface area contributed by atoms with Gasteiger partial charge in [0.2, 0.25) is 0 Å². The largest absolute Gasteiger partial charge is 0.364 e. The lowest BCUT2D eigenvalue weighted by atomic mass is 9.99. The highest BCUT2D eigenvalue weighted by molar-refractivity contribution is 5.00. The van der Waals surface area contributed by atoms with Gasteiger partial charge in [-0.25, -0.2) is 0 Å². The van der Waals surface area contributed by atoms with Crippen molar-refractivity contribution in [1.29, 1.82) is 5.26 Å². The van der Waals surface area contributed by atoms with Gasteiger partial charge in [-0.2, -0.15) is 5.26 Å². The zero-order valence-electron chi connectivity index (χ0n) is 12.7. The zero-order valence-corrected chi connectivity index (χ0v) is 12.7. The average molecular weight is 299 g/mol. The van der Waals surface area contributed by atoms with Gasteiger partial charge in [0.25, 0.3) is 0 Å². The van der Waals surface area contributed by atoms with Gasteiger partial charge in [0.05, 0.1) is 12.7 Å². The number of fused-ring (bicyclic) bond motifs is 3. The number of ether oxygens (including phenoxy) is 6. The Labute approximate surface area is 124 Å². The molecule has 0 aliphatic carbocycles. The Bertz CT molecular complexity index is 445. The first kappa shape index (κ1) is 15.2. The predicted octanol–water partition coefficient (Wildman–Crippen LogP) is 0.923. The van der Waals surface area contributed by atoms with Crippen LogP contribution in [0.15, 0.2) is 0 Å². The van der Waals surface area contributed by atoms with E-state index in [0.717, 1.165) is 0 Å². The third kappa shape index (κ3) is 2.93. The van der Waals surface area contributed by atoms with Gasteiger partial charge in [-0.1, -0.05) is 0 Å². The topological polar surface area (TPSA) is 79.2 Å². The van der Waals surface area contributed by atoms with E-state index in [0.29, 0.717) is 0 Å². The molecule has 3 aliphatic rings. The first-order valence-electron chi connectivity index (χ1n) is 7.13. The minimum absolute atomic E-state index is 0.0123. The van der Waals surface area contributed by atoms with Crippen LogP contribution in [0, 0.1) is 11.3 Å². The van der Waals surface area contributed by atoms with Crippen LogP contribution in [-0.4, -0.2) is 55.5 Å². The second kappa shape index (κ2) is 5.16. The van der Waals surface area contributed by atoms with Gasteiger partial charge < -0.3 is 28.4 Å². The molecule has 0 aromatic carbocycles. The number of rotatable bonds is 3. The summed E-state index contributed by atoms with van der Waals surface area (Å²) in [7, 11) is 0. The fourth-order valence-electron chi connectivity index (χ4n) is 3.05. The monoisotopic (exact) mass is 299 g/mol. The highest BCUT2D eigenvalue weighted by Gasteiger charge is 2.60. The fraction of sp³-hybridized carbons (Fsp3) is 0.929. The molecule has 0 bridgehead atoms. The summed E-state index contributed by atoms with van der Waals surface area (Å²) in [5.41, 5.74) is 0. The minimum Gasteiger partial charge on any atom is -0.364 e. The van der Waals surface area contributed by atoms with E-state index in [-0.39, 0.29) is 37.6 Å². The first-order valence-corrected chi connectivity index (χ1v) is 7.13. The lowest BCUT2D eigenvalue weighted by Gasteiger charge is -2.36. The molecule has 5 atom stereocenters. The average Bonchev–Trinajstić information content (AvgIpc) is 2.84. The number of nitriles is 1. The molecule has 0 saturated carbocycles. The molecule has 0 aromatic rings. The van der Waals surface area contributed by atoms with E-state index in [1.165, 1.54) is 0 Å². The van der Waals surface area contributed by atoms with E-state index >= 15 is 0 Å². The SMILES string of the molecule is CC1(C)O[C@H]2[C@@H](O1)[C@@H](COCC#N)O[C@@H]1OC(C)(C)O[C@@H]12. The van der Waals surface area contributed by atoms with Crippen LogP contribution in [0.5, 0.6) is 0 Å². The van der Waals surface area contributed by atoms with Crippen molar-refractivity contribution in [2.75, 3.05) is 13.2 Å². The van der Waals surface area contributed by atoms with E-state index in [1.54, 1.807) is 0 Å². The summed E-state index contributed by atoms with van der Waals surface area (Å²) in [6, 6.07) is 1.94. The lowest BCUT2D eigenvalue weighted by molar-refractivity contribution is -0.242. The van der Waals surface area contributed by atoms with Crippen LogP contribution in [0.3, 0.4) is 0 Å². The molecule has 7 nitrogen and oxygen atoms in total. The molecule has 3 saturated heterocycles. The van der Waals surface area contributed by atoms with Crippen LogP contribution in [0.25, 0.3) is 0 Å². The van der Waals surface area contributed by atoms with Crippen molar-refractivity contribution < 1.29 is 28.4 Å². The second-order valence-electron chi connectivity index (χ2n) is 6.38. The molecular formula is C14H21NO6. The highest BCUT2D eigenvalue weighted by atomic mass is 16.9. The maximum Gasteiger partial charge on any atom is 0.190 e. The molecule has 0 spiro atoms. The van der Waals surface area contributed by atoms with E-state index in [4.69, 9.17) is 33.7 Å². The lowest BCUT2D eigenvalue weighted by Crippen LogP contribution is -2.56. The summed E-state index contributed by atoms with van der Waals surface area (Å²) >= 11 is 0. The molecule has 3 aliphatic heterocycles. The first-order chi connectivity index (χ1) is 9.81. The van der Waals surface area contributed by atoms with Crippen LogP contribution >= 0.6 is 0 Å². The molecule has 3 fully saturated rings. The van der Waals surface area contributed by atoms with Crippen molar-refractivity contribution in [2.45, 2.75) is 70.0 Å². The summed E-state index contributed by atoms with van der Waals surface area (Å²) < 4.78 is 34.7. The van der Waals surface area contributed by atoms with Gasteiger partial charge in [0.15, 0.2) is 17.9 Å². The Morgan fingerprint density at radius 2 is 1.57 bits per heavy atom. The standard InChI is InChI=1S/C14H21NO6/c1-13(2)18-9-8(7-16-6-5-15)17-12-11(10(9)19-13)20-14(3,4)21-12/h8-12H,6-7H2,1-4H3/t8-,9+,10+,11-,12-/m1/s1. The van der Waals surface area contributed by atoms with E-state index < -0.39 is 17.9 Å². The summed E-state index contributed by atoms with van der Waals surface area (Å²) in [5.74, 6) is -1.43. The maximum absolute atomic E-state index is 8.57. The van der Waals surface area contributed by atoms with Gasteiger partial charge in [-0.3, -0.25) is 0 Å². The maximum atomic E-state index is 8.57. The van der Waals surface area contributed by atoms with Gasteiger partial charge in [0, 0.05) is 0 Å². The highest BCUT2D eigenvalue weighted by Crippen LogP contribution is 2.44. The third-order valence-corrected chi connectivity index (χ3v) is 3.70. The molecule has 3 rings (SSSR count). The van der Waals surface area contributed by atoms with Gasteiger partial charge in [-0.15, -0.1) is 0 Å². The van der Waals surface area contributed by atoms with Crippen LogP contribution in [-0.2, 0) is 28.4 Å². The Morgan fingerprint density at radius 3 is 2.29 bits per heavy atom. The van der Waals surface area contributed by atoms with Crippen molar-refractivity contribution in [3.8, 4) is 6.07 Å². The van der Waals surface area contributed by atoms with Crippen molar-refractivity contribution in [1.82, 2.24) is 0 Å². The van der Waals surface area contributed by atoms with Crippen molar-refractivity contribution in [2.24, 2.45) is 0 Å². The molecule has 0 aromatic heterocycles. The molecule has 3 heterocycles.